The van der Waals surface area contributed by atoms with Crippen LogP contribution < -0.4 is 11.5 Å². The summed E-state index contributed by atoms with van der Waals surface area (Å²) in [5, 5.41) is 2.30. The molecular weight excluding hydrogens is 1270 g/mol. The van der Waals surface area contributed by atoms with Gasteiger partial charge in [-0.15, -0.1) is 22.7 Å². The van der Waals surface area contributed by atoms with E-state index in [9.17, 15) is 25.6 Å². The van der Waals surface area contributed by atoms with Gasteiger partial charge in [0.2, 0.25) is 32.0 Å². The number of nitrogens with zero attached hydrogens (tertiary/aromatic N) is 6. The number of fused-ring (bicyclic) bond motifs is 2. The summed E-state index contributed by atoms with van der Waals surface area (Å²) in [6.45, 7) is 5.16. The van der Waals surface area contributed by atoms with E-state index in [1.807, 2.05) is 13.0 Å². The first-order chi connectivity index (χ1) is 27.1. The van der Waals surface area contributed by atoms with E-state index in [4.69, 9.17) is 46.3 Å². The monoisotopic (exact) mass is 1310 g/mol. The zero-order valence-corrected chi connectivity index (χ0v) is 43.4. The Hall–Kier alpha value is -2.79. The molecule has 0 saturated heterocycles. The van der Waals surface area contributed by atoms with Gasteiger partial charge in [0.25, 0.3) is 0 Å². The van der Waals surface area contributed by atoms with Crippen molar-refractivity contribution in [3.8, 4) is 22.5 Å². The van der Waals surface area contributed by atoms with Gasteiger partial charge in [0, 0.05) is 95.5 Å². The zero-order valence-electron chi connectivity index (χ0n) is 32.0. The fourth-order valence-electron chi connectivity index (χ4n) is 6.69. The van der Waals surface area contributed by atoms with Crippen LogP contribution in [0.2, 0.25) is 15.1 Å². The van der Waals surface area contributed by atoms with Gasteiger partial charge in [-0.3, -0.25) is 9.97 Å². The molecule has 61 heavy (non-hydrogen) atoms. The van der Waals surface area contributed by atoms with Gasteiger partial charge < -0.3 is 11.5 Å². The number of sulfonamides is 2. The van der Waals surface area contributed by atoms with Crippen molar-refractivity contribution in [2.75, 3.05) is 25.6 Å². The Balaban J connectivity index is 0.000000256. The Labute approximate surface area is 404 Å². The second-order valence-corrected chi connectivity index (χ2v) is 21.3. The fourth-order valence-corrected chi connectivity index (χ4v) is 13.5. The van der Waals surface area contributed by atoms with E-state index in [0.717, 1.165) is 14.2 Å². The van der Waals surface area contributed by atoms with Crippen LogP contribution in [0.1, 0.15) is 36.6 Å². The number of hydrogen-bond acceptors (Lipinski definition) is 12. The van der Waals surface area contributed by atoms with Gasteiger partial charge in [-0.1, -0.05) is 48.3 Å². The molecule has 2 aliphatic heterocycles. The molecule has 0 radical (unpaired) electrons. The SMILES string of the molecule is C.CN1C(N)=N[C@](C)(c2sc3c(-c4ccc(Cl)cc4F)nccc3c2Cl)CS1(=O)=O.Cc1ccc(-c2nccc3c(Cl)c([C@]4(C)CS(=O)(=O)N(C)C(N)=N4)sc23)c(F)c1.[W].[W]. The molecule has 0 bridgehead atoms. The summed E-state index contributed by atoms with van der Waals surface area (Å²) in [5.41, 5.74) is 11.7. The molecule has 6 heterocycles. The molecule has 2 aromatic carbocycles. The molecule has 6 aromatic rings. The maximum absolute atomic E-state index is 14.6. The normalized spacial score (nSPS) is 20.4. The maximum Gasteiger partial charge on any atom is 0.239 e. The molecule has 2 atom stereocenters. The van der Waals surface area contributed by atoms with Crippen molar-refractivity contribution in [1.29, 1.82) is 0 Å². The molecule has 324 valence electrons. The summed E-state index contributed by atoms with van der Waals surface area (Å²) < 4.78 is 82.5. The van der Waals surface area contributed by atoms with Gasteiger partial charge in [0.05, 0.1) is 52.1 Å². The molecule has 0 spiro atoms. The van der Waals surface area contributed by atoms with Crippen LogP contribution in [0.25, 0.3) is 42.7 Å². The number of aromatic nitrogens is 2. The molecule has 4 N–H and O–H groups in total. The summed E-state index contributed by atoms with van der Waals surface area (Å²) in [6, 6.07) is 12.7. The molecule has 0 unspecified atom stereocenters. The number of nitrogens with two attached hydrogens (primary N) is 2. The minimum atomic E-state index is -3.66. The number of pyridine rings is 2. The summed E-state index contributed by atoms with van der Waals surface area (Å²) in [6.07, 6.45) is 3.09. The topological polar surface area (TPSA) is 177 Å². The second-order valence-electron chi connectivity index (χ2n) is 14.1. The molecule has 0 aliphatic carbocycles. The van der Waals surface area contributed by atoms with E-state index in [-0.39, 0.29) is 89.4 Å². The molecule has 12 nitrogen and oxygen atoms in total. The molecule has 0 fully saturated rings. The number of aryl methyl sites for hydroxylation is 1. The second kappa shape index (κ2) is 18.4. The molecule has 23 heteroatoms. The van der Waals surface area contributed by atoms with Gasteiger partial charge in [0.15, 0.2) is 0 Å². The number of thiophene rings is 2. The van der Waals surface area contributed by atoms with Gasteiger partial charge in [0.1, 0.15) is 22.7 Å². The van der Waals surface area contributed by atoms with Crippen LogP contribution >= 0.6 is 57.5 Å². The number of hydrogen-bond donors (Lipinski definition) is 2. The van der Waals surface area contributed by atoms with E-state index in [1.165, 1.54) is 55.1 Å². The van der Waals surface area contributed by atoms with Crippen LogP contribution in [0.4, 0.5) is 8.78 Å². The van der Waals surface area contributed by atoms with E-state index in [2.05, 4.69) is 20.0 Å². The Morgan fingerprint density at radius 3 is 1.46 bits per heavy atom. The third-order valence-corrected chi connectivity index (χ3v) is 17.8. The van der Waals surface area contributed by atoms with Gasteiger partial charge >= 0.3 is 0 Å². The Bertz CT molecular complexity index is 2790. The minimum Gasteiger partial charge on any atom is -0.369 e. The first-order valence-corrected chi connectivity index (χ1v) is 23.1. The third kappa shape index (κ3) is 9.26. The van der Waals surface area contributed by atoms with Crippen molar-refractivity contribution >= 4 is 110 Å². The van der Waals surface area contributed by atoms with Crippen LogP contribution in [0.15, 0.2) is 70.9 Å². The van der Waals surface area contributed by atoms with Crippen LogP contribution in [0.3, 0.4) is 0 Å². The van der Waals surface area contributed by atoms with Crippen molar-refractivity contribution in [2.45, 2.75) is 39.3 Å². The quantitative estimate of drug-likeness (QED) is 0.176. The Kier molecular flexibility index (Phi) is 15.3. The summed E-state index contributed by atoms with van der Waals surface area (Å²) in [5.74, 6) is -1.68. The first-order valence-electron chi connectivity index (χ1n) is 17.1. The predicted octanol–water partition coefficient (Wildman–Crippen LogP) is 8.71. The van der Waals surface area contributed by atoms with Crippen molar-refractivity contribution in [2.24, 2.45) is 21.5 Å². The predicted molar refractivity (Wildman–Crippen MR) is 238 cm³/mol. The van der Waals surface area contributed by atoms with Crippen molar-refractivity contribution in [3.05, 3.63) is 103 Å². The third-order valence-electron chi connectivity index (χ3n) is 9.76. The summed E-state index contributed by atoms with van der Waals surface area (Å²) >= 11 is 21.6. The van der Waals surface area contributed by atoms with Crippen molar-refractivity contribution < 1.29 is 67.7 Å². The van der Waals surface area contributed by atoms with Crippen LogP contribution in [-0.4, -0.2) is 72.9 Å². The minimum absolute atomic E-state index is 0. The fraction of sp³-hybridized carbons (Fsp3) is 0.263. The smallest absolute Gasteiger partial charge is 0.239 e. The maximum atomic E-state index is 14.6. The average Bonchev–Trinajstić information content (AvgIpc) is 3.67. The summed E-state index contributed by atoms with van der Waals surface area (Å²) in [7, 11) is -4.59. The number of benzene rings is 2. The van der Waals surface area contributed by atoms with E-state index < -0.39 is 36.9 Å². The molecule has 0 saturated carbocycles. The Morgan fingerprint density at radius 1 is 0.689 bits per heavy atom. The molecular formula is C38H37Cl3F2N8O4S4W2. The van der Waals surface area contributed by atoms with E-state index in [1.54, 1.807) is 50.4 Å². The average molecular weight is 1310 g/mol. The van der Waals surface area contributed by atoms with Crippen LogP contribution in [0, 0.1) is 18.6 Å². The largest absolute Gasteiger partial charge is 0.369 e. The first kappa shape index (κ1) is 50.8. The number of aliphatic imine (C=N–C) groups is 2. The van der Waals surface area contributed by atoms with E-state index in [0.29, 0.717) is 56.9 Å². The molecule has 0 amide bonds. The van der Waals surface area contributed by atoms with E-state index >= 15 is 0 Å². The molecule has 8 rings (SSSR count). The number of halogens is 5. The zero-order chi connectivity index (χ0) is 42.3. The number of guanidine groups is 2. The summed E-state index contributed by atoms with van der Waals surface area (Å²) in [4.78, 5) is 18.6. The van der Waals surface area contributed by atoms with Crippen LogP contribution in [0.5, 0.6) is 0 Å². The van der Waals surface area contributed by atoms with Crippen LogP contribution in [-0.2, 0) is 73.3 Å². The van der Waals surface area contributed by atoms with Gasteiger partial charge in [-0.2, -0.15) is 0 Å². The number of rotatable bonds is 4. The molecule has 2 aliphatic rings. The van der Waals surface area contributed by atoms with Crippen molar-refractivity contribution in [1.82, 2.24) is 18.6 Å². The Morgan fingerprint density at radius 2 is 1.08 bits per heavy atom. The standard InChI is InChI=1S/C19H18ClFN4O2S2.C18H15Cl2FN4O2S2.CH4.2W/c1-10-4-5-11(13(21)8-10)15-16-12(6-7-23-15)14(20)17(28-16)19(2)9-29(26,27)25(3)18(22)24-19;1-18(8-29(26,27)25(2)17(22)24-18)16-13(20)11-5-6-23-14(15(11)28-16)10-4-3-9(19)7-12(10)21;;;/h4-8H,9H2,1-3H3,(H2,22,24);3-7H,8H2,1-2H3,(H2,22,24);1H4;;/t19-;18-;;;/m00.../s1. The van der Waals surface area contributed by atoms with Crippen molar-refractivity contribution in [3.63, 3.8) is 0 Å². The molecule has 4 aromatic heterocycles. The van der Waals surface area contributed by atoms with Gasteiger partial charge in [-0.25, -0.2) is 44.2 Å². The van der Waals surface area contributed by atoms with Gasteiger partial charge in [-0.05, 0) is 68.8 Å².